The first-order valence-electron chi connectivity index (χ1n) is 35.3. The summed E-state index contributed by atoms with van der Waals surface area (Å²) in [7, 11) is 0. The van der Waals surface area contributed by atoms with Crippen LogP contribution in [0.4, 0.5) is 0 Å². The number of fused-ring (bicyclic) bond motifs is 5. The number of hydrogen-bond acceptors (Lipinski definition) is 12. The highest BCUT2D eigenvalue weighted by Gasteiger charge is 2.59. The summed E-state index contributed by atoms with van der Waals surface area (Å²) in [6, 6.07) is 8.30. The summed E-state index contributed by atoms with van der Waals surface area (Å²) in [6.45, 7) is 47.8. The minimum Gasteiger partial charge on any atom is -0.459 e. The third-order valence-corrected chi connectivity index (χ3v) is 21.5. The Bertz CT molecular complexity index is 2730. The first-order valence-corrected chi connectivity index (χ1v) is 35.3. The lowest BCUT2D eigenvalue weighted by Gasteiger charge is -2.61. The molecule has 0 radical (unpaired) electrons. The van der Waals surface area contributed by atoms with E-state index >= 15 is 0 Å². The van der Waals surface area contributed by atoms with Crippen molar-refractivity contribution in [2.45, 2.75) is 311 Å². The summed E-state index contributed by atoms with van der Waals surface area (Å²) in [5.41, 5.74) is 3.89. The third-order valence-electron chi connectivity index (χ3n) is 21.5. The highest BCUT2D eigenvalue weighted by Crippen LogP contribution is 2.64. The normalized spacial score (nSPS) is 27.2. The maximum absolute atomic E-state index is 11.9. The molecule has 10 aliphatic carbocycles. The van der Waals surface area contributed by atoms with Crippen molar-refractivity contribution in [2.75, 3.05) is 0 Å². The van der Waals surface area contributed by atoms with Gasteiger partial charge in [-0.1, -0.05) is 108 Å². The number of hydrogen-bond donors (Lipinski definition) is 0. The minimum atomic E-state index is -0.427. The number of carbonyl (C=O) groups excluding carboxylic acids is 6. The molecule has 10 saturated carbocycles. The zero-order chi connectivity index (χ0) is 68.6. The summed E-state index contributed by atoms with van der Waals surface area (Å²) >= 11 is 0. The SMILES string of the molecule is C=C(C)C(=O)OC(C)(C)C.C=C(C)C(=O)OC(C)(C)C12CC3CC(CC(C3)C1)C2.C=C(C)C(=O)OC1(C)CCCCC1.C=C(C)C(=O)OC1(CC)CCCCCCC1.C=C(C)C(=O)OC1(c2ccc(C)cc2)CCCC1.C=C(C)C(=O)OC1CC2CC1C1CCCC21. The van der Waals surface area contributed by atoms with Crippen LogP contribution in [0.1, 0.15) is 281 Å². The molecule has 0 spiro atoms. The Labute approximate surface area is 556 Å². The van der Waals surface area contributed by atoms with Crippen LogP contribution in [-0.4, -0.2) is 64.3 Å². The molecule has 12 nitrogen and oxygen atoms in total. The molecule has 0 N–H and O–H groups in total. The van der Waals surface area contributed by atoms with Crippen molar-refractivity contribution in [2.24, 2.45) is 46.8 Å². The number of aryl methyl sites for hydroxylation is 1. The Hall–Kier alpha value is -5.52. The van der Waals surface area contributed by atoms with Crippen molar-refractivity contribution < 1.29 is 57.2 Å². The molecule has 0 aliphatic heterocycles. The van der Waals surface area contributed by atoms with Gasteiger partial charge in [0, 0.05) is 38.9 Å². The van der Waals surface area contributed by atoms with Gasteiger partial charge in [-0.3, -0.25) is 0 Å². The molecule has 5 atom stereocenters. The molecule has 10 aliphatic rings. The van der Waals surface area contributed by atoms with Crippen molar-refractivity contribution in [3.05, 3.63) is 108 Å². The fraction of sp³-hybridized carbons (Fsp3) is 0.700. The molecule has 1 aromatic rings. The van der Waals surface area contributed by atoms with Crippen molar-refractivity contribution in [1.29, 1.82) is 0 Å². The van der Waals surface area contributed by atoms with Crippen LogP contribution in [-0.2, 0) is 62.8 Å². The average Bonchev–Trinajstić information content (AvgIpc) is 0.785. The van der Waals surface area contributed by atoms with Crippen molar-refractivity contribution in [3.63, 3.8) is 0 Å². The molecule has 514 valence electrons. The van der Waals surface area contributed by atoms with E-state index < -0.39 is 11.2 Å². The maximum Gasteiger partial charge on any atom is 0.333 e. The molecule has 0 amide bonds. The van der Waals surface area contributed by atoms with Crippen molar-refractivity contribution in [1.82, 2.24) is 0 Å². The molecule has 12 heteroatoms. The summed E-state index contributed by atoms with van der Waals surface area (Å²) in [5, 5.41) is 0. The van der Waals surface area contributed by atoms with Gasteiger partial charge in [0.2, 0.25) is 0 Å². The van der Waals surface area contributed by atoms with Gasteiger partial charge in [0.25, 0.3) is 0 Å². The van der Waals surface area contributed by atoms with Gasteiger partial charge in [0.1, 0.15) is 34.1 Å². The monoisotopic (exact) mass is 1270 g/mol. The smallest absolute Gasteiger partial charge is 0.333 e. The Morgan fingerprint density at radius 2 is 0.880 bits per heavy atom. The van der Waals surface area contributed by atoms with E-state index in [1.54, 1.807) is 41.5 Å². The van der Waals surface area contributed by atoms with Crippen LogP contribution in [0.25, 0.3) is 0 Å². The molecule has 10 fully saturated rings. The molecule has 5 unspecified atom stereocenters. The van der Waals surface area contributed by atoms with E-state index in [2.05, 4.69) is 91.4 Å². The number of benzene rings is 1. The zero-order valence-electron chi connectivity index (χ0n) is 59.9. The van der Waals surface area contributed by atoms with Gasteiger partial charge in [-0.2, -0.15) is 0 Å². The fourth-order valence-corrected chi connectivity index (χ4v) is 16.6. The van der Waals surface area contributed by atoms with Gasteiger partial charge < -0.3 is 28.4 Å². The predicted octanol–water partition coefficient (Wildman–Crippen LogP) is 19.6. The molecule has 0 saturated heterocycles. The lowest BCUT2D eigenvalue weighted by Crippen LogP contribution is -2.57. The summed E-state index contributed by atoms with van der Waals surface area (Å²) < 4.78 is 33.2. The van der Waals surface area contributed by atoms with Gasteiger partial charge in [-0.25, -0.2) is 28.8 Å². The van der Waals surface area contributed by atoms with Gasteiger partial charge >= 0.3 is 35.8 Å². The van der Waals surface area contributed by atoms with E-state index in [-0.39, 0.29) is 64.1 Å². The van der Waals surface area contributed by atoms with E-state index in [1.807, 2.05) is 27.7 Å². The molecule has 1 aromatic carbocycles. The summed E-state index contributed by atoms with van der Waals surface area (Å²) in [6.07, 6.45) is 33.7. The van der Waals surface area contributed by atoms with Crippen LogP contribution in [0.15, 0.2) is 97.2 Å². The van der Waals surface area contributed by atoms with Gasteiger partial charge in [-0.15, -0.1) is 0 Å². The van der Waals surface area contributed by atoms with E-state index in [0.717, 1.165) is 105 Å². The highest BCUT2D eigenvalue weighted by atomic mass is 16.6. The number of esters is 6. The summed E-state index contributed by atoms with van der Waals surface area (Å²) in [4.78, 5) is 69.1. The molecule has 6 bridgehead atoms. The van der Waals surface area contributed by atoms with Crippen molar-refractivity contribution in [3.8, 4) is 0 Å². The minimum absolute atomic E-state index is 0.188. The fourth-order valence-electron chi connectivity index (χ4n) is 16.6. The second-order valence-electron chi connectivity index (χ2n) is 31.4. The van der Waals surface area contributed by atoms with Crippen LogP contribution in [0.5, 0.6) is 0 Å². The largest absolute Gasteiger partial charge is 0.459 e. The van der Waals surface area contributed by atoms with Crippen LogP contribution in [0.2, 0.25) is 0 Å². The van der Waals surface area contributed by atoms with Gasteiger partial charge in [0.15, 0.2) is 0 Å². The van der Waals surface area contributed by atoms with E-state index in [9.17, 15) is 28.8 Å². The zero-order valence-corrected chi connectivity index (χ0v) is 59.9. The van der Waals surface area contributed by atoms with Gasteiger partial charge in [0.05, 0.1) is 0 Å². The average molecular weight is 1280 g/mol. The second-order valence-corrected chi connectivity index (χ2v) is 31.4. The van der Waals surface area contributed by atoms with E-state index in [1.165, 1.54) is 121 Å². The van der Waals surface area contributed by atoms with Crippen LogP contribution in [0.3, 0.4) is 0 Å². The lowest BCUT2D eigenvalue weighted by molar-refractivity contribution is -0.195. The molecular weight excluding hydrogens is 1150 g/mol. The second kappa shape index (κ2) is 33.7. The standard InChI is InChI=1S/C17H26O2.C16H20O2.C14H20O2.C14H24O2.C11H18O2.C8H14O2/c1-11(2)15(18)19-16(3,4)17-8-12-5-13(9-17)7-14(6-12)10-17;1-12(2)15(17)18-16(10-4-5-11-16)14-8-6-13(3)7-9-14;1-8(2)14(15)16-13-7-9-6-12(13)11-5-3-4-10(9)11;1-4-14(16-13(15)12(2)3)10-8-6-5-7-9-11-14;1-9(2)10(12)13-11(3)7-5-4-6-8-11;1-6(2)7(9)10-8(3,4)5/h12-14H,1,5-10H2,2-4H3;6-9H,1,4-5,10-11H2,2-3H3;9-13H,1,3-7H2,2H3;2,4-11H2,1,3H3;1,4-8H2,2-3H3;1H2,2-5H3. The Kier molecular flexibility index (Phi) is 28.3. The molecular formula is C80H122O12. The van der Waals surface area contributed by atoms with Crippen LogP contribution < -0.4 is 0 Å². The third kappa shape index (κ3) is 22.0. The molecule has 92 heavy (non-hydrogen) atoms. The molecule has 0 heterocycles. The van der Waals surface area contributed by atoms with Crippen molar-refractivity contribution >= 4 is 35.8 Å². The topological polar surface area (TPSA) is 158 Å². The lowest BCUT2D eigenvalue weighted by atomic mass is 9.46. The predicted molar refractivity (Wildman–Crippen MR) is 369 cm³/mol. The molecule has 11 rings (SSSR count). The number of rotatable bonds is 14. The first kappa shape index (κ1) is 77.2. The van der Waals surface area contributed by atoms with Gasteiger partial charge in [-0.05, 0) is 285 Å². The van der Waals surface area contributed by atoms with Crippen LogP contribution >= 0.6 is 0 Å². The number of ether oxygens (including phenoxy) is 6. The summed E-state index contributed by atoms with van der Waals surface area (Å²) in [5.74, 6) is 4.51. The van der Waals surface area contributed by atoms with E-state index in [4.69, 9.17) is 28.4 Å². The highest BCUT2D eigenvalue weighted by molar-refractivity contribution is 5.89. The quantitative estimate of drug-likeness (QED) is 0.0988. The maximum atomic E-state index is 11.9. The van der Waals surface area contributed by atoms with Crippen LogP contribution in [0, 0.1) is 53.8 Å². The van der Waals surface area contributed by atoms with E-state index in [0.29, 0.717) is 39.4 Å². The molecule has 0 aromatic heterocycles. The Morgan fingerprint density at radius 1 is 0.467 bits per heavy atom. The Morgan fingerprint density at radius 3 is 1.34 bits per heavy atom. The Balaban J connectivity index is 0.000000203. The number of carbonyl (C=O) groups is 6. The first-order chi connectivity index (χ1) is 43.0.